The lowest BCUT2D eigenvalue weighted by atomic mass is 10.0. The van der Waals surface area contributed by atoms with Gasteiger partial charge in [-0.05, 0) is 36.6 Å². The number of rotatable bonds is 1. The molecule has 3 rings (SSSR count). The van der Waals surface area contributed by atoms with E-state index in [1.54, 1.807) is 6.07 Å². The lowest BCUT2D eigenvalue weighted by Crippen LogP contribution is -2.50. The Balaban J connectivity index is 1.70. The summed E-state index contributed by atoms with van der Waals surface area (Å²) < 4.78 is 5.72. The molecule has 1 aromatic carbocycles. The van der Waals surface area contributed by atoms with E-state index in [2.05, 4.69) is 0 Å². The molecule has 2 heterocycles. The van der Waals surface area contributed by atoms with Crippen LogP contribution < -0.4 is 10.5 Å². The van der Waals surface area contributed by atoms with E-state index in [0.717, 1.165) is 30.7 Å². The molecule has 0 saturated carbocycles. The van der Waals surface area contributed by atoms with E-state index in [1.165, 1.54) is 0 Å². The van der Waals surface area contributed by atoms with Crippen LogP contribution in [0.5, 0.6) is 5.75 Å². The van der Waals surface area contributed by atoms with Crippen LogP contribution in [0, 0.1) is 0 Å². The first kappa shape index (κ1) is 12.8. The summed E-state index contributed by atoms with van der Waals surface area (Å²) in [6, 6.07) is 5.57. The van der Waals surface area contributed by atoms with E-state index in [1.807, 2.05) is 17.0 Å². The highest BCUT2D eigenvalue weighted by atomic mass is 35.5. The van der Waals surface area contributed by atoms with Crippen molar-refractivity contribution < 1.29 is 9.53 Å². The number of ether oxygens (including phenoxy) is 1. The van der Waals surface area contributed by atoms with Gasteiger partial charge in [0.05, 0.1) is 0 Å². The molecular formula is C14H17ClN2O2. The van der Waals surface area contributed by atoms with Crippen molar-refractivity contribution >= 4 is 17.5 Å². The highest BCUT2D eigenvalue weighted by Crippen LogP contribution is 2.32. The average molecular weight is 281 g/mol. The van der Waals surface area contributed by atoms with Crippen LogP contribution in [0.15, 0.2) is 18.2 Å². The molecule has 1 amide bonds. The van der Waals surface area contributed by atoms with Gasteiger partial charge in [0.2, 0.25) is 0 Å². The van der Waals surface area contributed by atoms with Crippen LogP contribution in [0.2, 0.25) is 5.02 Å². The van der Waals surface area contributed by atoms with Gasteiger partial charge in [-0.2, -0.15) is 0 Å². The van der Waals surface area contributed by atoms with E-state index in [9.17, 15) is 4.79 Å². The van der Waals surface area contributed by atoms with E-state index in [0.29, 0.717) is 18.0 Å². The number of nitrogens with two attached hydrogens (primary N) is 1. The van der Waals surface area contributed by atoms with Crippen LogP contribution in [0.1, 0.15) is 18.4 Å². The van der Waals surface area contributed by atoms with Crippen molar-refractivity contribution in [3.63, 3.8) is 0 Å². The highest BCUT2D eigenvalue weighted by Gasteiger charge is 2.33. The largest absolute Gasteiger partial charge is 0.480 e. The fourth-order valence-corrected chi connectivity index (χ4v) is 2.96. The Hall–Kier alpha value is -1.26. The summed E-state index contributed by atoms with van der Waals surface area (Å²) >= 11 is 5.95. The fourth-order valence-electron chi connectivity index (χ4n) is 2.77. The van der Waals surface area contributed by atoms with Gasteiger partial charge < -0.3 is 15.4 Å². The molecule has 1 aromatic rings. The van der Waals surface area contributed by atoms with Gasteiger partial charge in [-0.25, -0.2) is 0 Å². The second-order valence-corrected chi connectivity index (χ2v) is 5.69. The third kappa shape index (κ3) is 2.55. The summed E-state index contributed by atoms with van der Waals surface area (Å²) in [6.07, 6.45) is 2.14. The zero-order valence-electron chi connectivity index (χ0n) is 10.6. The number of carbonyl (C=O) groups is 1. The predicted octanol–water partition coefficient (Wildman–Crippen LogP) is 1.59. The lowest BCUT2D eigenvalue weighted by Gasteiger charge is -2.32. The molecule has 102 valence electrons. The van der Waals surface area contributed by atoms with Gasteiger partial charge in [0.15, 0.2) is 6.10 Å². The Labute approximate surface area is 117 Å². The lowest BCUT2D eigenvalue weighted by molar-refractivity contribution is -0.139. The second-order valence-electron chi connectivity index (χ2n) is 5.25. The molecular weight excluding hydrogens is 264 g/mol. The Kier molecular flexibility index (Phi) is 3.37. The van der Waals surface area contributed by atoms with Gasteiger partial charge in [-0.15, -0.1) is 0 Å². The van der Waals surface area contributed by atoms with Crippen LogP contribution in [-0.2, 0) is 11.2 Å². The predicted molar refractivity (Wildman–Crippen MR) is 73.4 cm³/mol. The van der Waals surface area contributed by atoms with Crippen LogP contribution in [0.25, 0.3) is 0 Å². The third-order valence-corrected chi connectivity index (χ3v) is 3.98. The topological polar surface area (TPSA) is 55.6 Å². The number of piperidine rings is 1. The molecule has 0 radical (unpaired) electrons. The van der Waals surface area contributed by atoms with Crippen molar-refractivity contribution in [2.24, 2.45) is 5.73 Å². The van der Waals surface area contributed by atoms with Crippen molar-refractivity contribution in [3.8, 4) is 5.75 Å². The number of hydrogen-bond acceptors (Lipinski definition) is 3. The zero-order valence-corrected chi connectivity index (χ0v) is 11.4. The maximum absolute atomic E-state index is 12.4. The Morgan fingerprint density at radius 1 is 1.47 bits per heavy atom. The molecule has 1 saturated heterocycles. The third-order valence-electron chi connectivity index (χ3n) is 3.74. The molecule has 2 N–H and O–H groups in total. The number of carbonyl (C=O) groups excluding carboxylic acids is 1. The SMILES string of the molecule is NC1CCCN(C(=O)C2Cc3cc(Cl)ccc3O2)C1. The van der Waals surface area contributed by atoms with Crippen LogP contribution in [0.3, 0.4) is 0 Å². The molecule has 0 spiro atoms. The van der Waals surface area contributed by atoms with Crippen LogP contribution in [0.4, 0.5) is 0 Å². The number of nitrogens with zero attached hydrogens (tertiary/aromatic N) is 1. The maximum atomic E-state index is 12.4. The van der Waals surface area contributed by atoms with Gasteiger partial charge in [-0.3, -0.25) is 4.79 Å². The molecule has 2 unspecified atom stereocenters. The summed E-state index contributed by atoms with van der Waals surface area (Å²) in [7, 11) is 0. The molecule has 2 aliphatic rings. The standard InChI is InChI=1S/C14H17ClN2O2/c15-10-3-4-12-9(6-10)7-13(19-12)14(18)17-5-1-2-11(16)8-17/h3-4,6,11,13H,1-2,5,7-8,16H2. The molecule has 4 nitrogen and oxygen atoms in total. The van der Waals surface area contributed by atoms with Crippen molar-refractivity contribution in [2.45, 2.75) is 31.4 Å². The van der Waals surface area contributed by atoms with Crippen LogP contribution in [-0.4, -0.2) is 36.0 Å². The normalized spacial score (nSPS) is 25.9. The number of likely N-dealkylation sites (tertiary alicyclic amines) is 1. The number of halogens is 1. The van der Waals surface area contributed by atoms with E-state index >= 15 is 0 Å². The summed E-state index contributed by atoms with van der Waals surface area (Å²) in [6.45, 7) is 1.42. The number of fused-ring (bicyclic) bond motifs is 1. The maximum Gasteiger partial charge on any atom is 0.264 e. The van der Waals surface area contributed by atoms with Crippen molar-refractivity contribution in [1.82, 2.24) is 4.90 Å². The fraction of sp³-hybridized carbons (Fsp3) is 0.500. The van der Waals surface area contributed by atoms with E-state index < -0.39 is 6.10 Å². The molecule has 2 atom stereocenters. The number of amides is 1. The summed E-state index contributed by atoms with van der Waals surface area (Å²) in [5.74, 6) is 0.812. The van der Waals surface area contributed by atoms with Gasteiger partial charge in [0, 0.05) is 30.6 Å². The average Bonchev–Trinajstić information content (AvgIpc) is 2.80. The monoisotopic (exact) mass is 280 g/mol. The molecule has 2 aliphatic heterocycles. The quantitative estimate of drug-likeness (QED) is 0.850. The van der Waals surface area contributed by atoms with Crippen molar-refractivity contribution in [2.75, 3.05) is 13.1 Å². The van der Waals surface area contributed by atoms with E-state index in [4.69, 9.17) is 22.1 Å². The Morgan fingerprint density at radius 3 is 3.11 bits per heavy atom. The number of benzene rings is 1. The van der Waals surface area contributed by atoms with Gasteiger partial charge in [0.25, 0.3) is 5.91 Å². The minimum atomic E-state index is -0.418. The first-order valence-corrected chi connectivity index (χ1v) is 7.01. The Bertz CT molecular complexity index is 506. The smallest absolute Gasteiger partial charge is 0.264 e. The van der Waals surface area contributed by atoms with Gasteiger partial charge >= 0.3 is 0 Å². The minimum Gasteiger partial charge on any atom is -0.480 e. The van der Waals surface area contributed by atoms with Crippen LogP contribution >= 0.6 is 11.6 Å². The first-order valence-electron chi connectivity index (χ1n) is 6.63. The molecule has 19 heavy (non-hydrogen) atoms. The summed E-state index contributed by atoms with van der Waals surface area (Å²) in [5.41, 5.74) is 6.92. The minimum absolute atomic E-state index is 0.0440. The van der Waals surface area contributed by atoms with Gasteiger partial charge in [-0.1, -0.05) is 11.6 Å². The summed E-state index contributed by atoms with van der Waals surface area (Å²) in [4.78, 5) is 14.2. The summed E-state index contributed by atoms with van der Waals surface area (Å²) in [5, 5.41) is 0.676. The number of hydrogen-bond donors (Lipinski definition) is 1. The Morgan fingerprint density at radius 2 is 2.32 bits per heavy atom. The van der Waals surface area contributed by atoms with Crippen molar-refractivity contribution in [3.05, 3.63) is 28.8 Å². The zero-order chi connectivity index (χ0) is 13.4. The van der Waals surface area contributed by atoms with Gasteiger partial charge in [0.1, 0.15) is 5.75 Å². The molecule has 5 heteroatoms. The molecule has 1 fully saturated rings. The molecule has 0 bridgehead atoms. The highest BCUT2D eigenvalue weighted by molar-refractivity contribution is 6.30. The van der Waals surface area contributed by atoms with Crippen molar-refractivity contribution in [1.29, 1.82) is 0 Å². The second kappa shape index (κ2) is 5.02. The first-order chi connectivity index (χ1) is 9.13. The molecule has 0 aromatic heterocycles. The molecule has 0 aliphatic carbocycles. The van der Waals surface area contributed by atoms with E-state index in [-0.39, 0.29) is 11.9 Å².